The fourth-order valence-corrected chi connectivity index (χ4v) is 9.37. The molecule has 14 heteroatoms. The number of nitrogen functional groups attached to an aromatic ring is 1. The maximum absolute atomic E-state index is 13.6. The van der Waals surface area contributed by atoms with Crippen LogP contribution >= 0.6 is 7.60 Å². The molecule has 3 fully saturated rings. The minimum atomic E-state index is -3.15. The highest BCUT2D eigenvalue weighted by Crippen LogP contribution is 2.48. The van der Waals surface area contributed by atoms with E-state index in [-0.39, 0.29) is 11.4 Å². The highest BCUT2D eigenvalue weighted by Gasteiger charge is 2.35. The molecule has 1 atom stereocenters. The third-order valence-electron chi connectivity index (χ3n) is 10.4. The highest BCUT2D eigenvalue weighted by atomic mass is 31.2. The normalized spacial score (nSPS) is 22.6. The monoisotopic (exact) mass is 736 g/mol. The van der Waals surface area contributed by atoms with Gasteiger partial charge in [-0.05, 0) is 124 Å². The molecule has 1 aromatic heterocycles. The summed E-state index contributed by atoms with van der Waals surface area (Å²) in [7, 11) is -3.15. The molecule has 51 heavy (non-hydrogen) atoms. The van der Waals surface area contributed by atoms with Crippen LogP contribution < -0.4 is 31.9 Å². The molecule has 0 unspecified atom stereocenters. The molecule has 13 nitrogen and oxygen atoms in total. The van der Waals surface area contributed by atoms with Gasteiger partial charge in [-0.1, -0.05) is 19.3 Å². The first kappa shape index (κ1) is 41.7. The zero-order chi connectivity index (χ0) is 36.7. The van der Waals surface area contributed by atoms with Crippen LogP contribution in [0.1, 0.15) is 105 Å². The van der Waals surface area contributed by atoms with Gasteiger partial charge in [0.25, 0.3) is 0 Å². The topological polar surface area (TPSA) is 159 Å². The number of nitrogens with one attached hydrogen (secondary N) is 4. The van der Waals surface area contributed by atoms with Gasteiger partial charge in [-0.3, -0.25) is 14.3 Å². The van der Waals surface area contributed by atoms with E-state index < -0.39 is 13.6 Å². The van der Waals surface area contributed by atoms with Crippen LogP contribution in [0.4, 0.5) is 17.6 Å². The minimum absolute atomic E-state index is 0.0390. The molecule has 0 radical (unpaired) electrons. The lowest BCUT2D eigenvalue weighted by atomic mass is 9.82. The molecule has 6 N–H and O–H groups in total. The second-order valence-corrected chi connectivity index (χ2v) is 18.0. The van der Waals surface area contributed by atoms with Crippen molar-refractivity contribution in [3.05, 3.63) is 6.07 Å². The van der Waals surface area contributed by atoms with Crippen LogP contribution in [0.15, 0.2) is 6.07 Å². The van der Waals surface area contributed by atoms with E-state index in [0.717, 1.165) is 44.0 Å². The molecule has 0 spiro atoms. The summed E-state index contributed by atoms with van der Waals surface area (Å²) < 4.78 is 24.0. The molecule has 2 aliphatic carbocycles. The van der Waals surface area contributed by atoms with Gasteiger partial charge in [-0.2, -0.15) is 9.97 Å². The van der Waals surface area contributed by atoms with Crippen LogP contribution in [0.25, 0.3) is 0 Å². The fourth-order valence-electron chi connectivity index (χ4n) is 7.73. The third-order valence-corrected chi connectivity index (χ3v) is 12.6. The van der Waals surface area contributed by atoms with Crippen LogP contribution in [-0.2, 0) is 18.4 Å². The van der Waals surface area contributed by atoms with Gasteiger partial charge >= 0.3 is 7.60 Å². The Morgan fingerprint density at radius 1 is 0.941 bits per heavy atom. The SMILES string of the molecule is CCOP(=O)(CCCN1CCN(c2cc(N)nc(NCC3CCC(CNCCCNC4CCCCC4)CC3)n2)C[C@H]1C(=O)NC(C)(C)C)OCC. The first-order chi connectivity index (χ1) is 24.5. The molecule has 1 aromatic rings. The smallest absolute Gasteiger partial charge is 0.330 e. The fraction of sp³-hybridized carbons (Fsp3) is 0.865. The standard InChI is InChI=1S/C37H70N9O4P/c1-6-49-51(48,50-7-2)24-12-21-45-22-23-46(28-32(45)35(47)44-37(3,4)5)34-25-33(38)42-36(43-34)41-27-30-17-15-29(16-18-30)26-39-19-11-20-40-31-13-9-8-10-14-31/h25,29-32,39-40H,6-24,26-28H2,1-5H3,(H,44,47)(H3,38,41,42,43)/t29?,30?,32-/m0/s1. The van der Waals surface area contributed by atoms with Crippen LogP contribution in [0.2, 0.25) is 0 Å². The lowest BCUT2D eigenvalue weighted by molar-refractivity contribution is -0.128. The van der Waals surface area contributed by atoms with E-state index >= 15 is 0 Å². The Balaban J connectivity index is 1.23. The summed E-state index contributed by atoms with van der Waals surface area (Å²) in [5, 5.41) is 14.1. The van der Waals surface area contributed by atoms with E-state index in [1.165, 1.54) is 64.2 Å². The summed E-state index contributed by atoms with van der Waals surface area (Å²) in [4.78, 5) is 27.3. The Morgan fingerprint density at radius 3 is 2.29 bits per heavy atom. The average molecular weight is 736 g/mol. The Kier molecular flexibility index (Phi) is 17.2. The summed E-state index contributed by atoms with van der Waals surface area (Å²) in [6.07, 6.45) is 13.9. The van der Waals surface area contributed by atoms with Gasteiger partial charge in [0.05, 0.1) is 19.4 Å². The van der Waals surface area contributed by atoms with Crippen LogP contribution in [-0.4, -0.2) is 110 Å². The lowest BCUT2D eigenvalue weighted by Crippen LogP contribution is -2.61. The summed E-state index contributed by atoms with van der Waals surface area (Å²) in [6.45, 7) is 16.8. The van der Waals surface area contributed by atoms with Crippen molar-refractivity contribution in [2.75, 3.05) is 87.7 Å². The van der Waals surface area contributed by atoms with E-state index in [2.05, 4.69) is 36.1 Å². The number of carbonyl (C=O) groups is 1. The molecular formula is C37H70N9O4P. The summed E-state index contributed by atoms with van der Waals surface area (Å²) >= 11 is 0. The Hall–Kier alpha value is -2.02. The number of hydrogen-bond donors (Lipinski definition) is 5. The van der Waals surface area contributed by atoms with Crippen molar-refractivity contribution in [1.82, 2.24) is 30.8 Å². The molecule has 0 aromatic carbocycles. The number of carbonyl (C=O) groups excluding carboxylic acids is 1. The molecule has 2 saturated carbocycles. The number of piperazine rings is 1. The van der Waals surface area contributed by atoms with Crippen molar-refractivity contribution in [2.24, 2.45) is 11.8 Å². The zero-order valence-corrected chi connectivity index (χ0v) is 33.3. The first-order valence-corrected chi connectivity index (χ1v) is 21.7. The van der Waals surface area contributed by atoms with Crippen molar-refractivity contribution >= 4 is 31.1 Å². The molecule has 1 amide bonds. The summed E-state index contributed by atoms with van der Waals surface area (Å²) in [5.74, 6) is 2.97. The molecular weight excluding hydrogens is 665 g/mol. The van der Waals surface area contributed by atoms with E-state index in [4.69, 9.17) is 19.8 Å². The summed E-state index contributed by atoms with van der Waals surface area (Å²) in [5.41, 5.74) is 5.93. The number of aromatic nitrogens is 2. The van der Waals surface area contributed by atoms with Crippen molar-refractivity contribution < 1.29 is 18.4 Å². The van der Waals surface area contributed by atoms with Crippen molar-refractivity contribution in [3.63, 3.8) is 0 Å². The van der Waals surface area contributed by atoms with Gasteiger partial charge in [0.2, 0.25) is 11.9 Å². The predicted octanol–water partition coefficient (Wildman–Crippen LogP) is 5.24. The predicted molar refractivity (Wildman–Crippen MR) is 209 cm³/mol. The molecule has 1 saturated heterocycles. The van der Waals surface area contributed by atoms with Crippen molar-refractivity contribution in [2.45, 2.75) is 123 Å². The number of hydrogen-bond acceptors (Lipinski definition) is 12. The number of nitrogens with zero attached hydrogens (tertiary/aromatic N) is 4. The average Bonchev–Trinajstić information content (AvgIpc) is 3.09. The van der Waals surface area contributed by atoms with Gasteiger partial charge in [-0.15, -0.1) is 0 Å². The zero-order valence-electron chi connectivity index (χ0n) is 32.4. The summed E-state index contributed by atoms with van der Waals surface area (Å²) in [6, 6.07) is 2.14. The molecule has 292 valence electrons. The number of rotatable bonds is 20. The Labute approximate surface area is 308 Å². The molecule has 2 heterocycles. The van der Waals surface area contributed by atoms with E-state index in [1.807, 2.05) is 34.6 Å². The largest absolute Gasteiger partial charge is 0.383 e. The number of nitrogens with two attached hydrogens (primary N) is 1. The molecule has 3 aliphatic rings. The van der Waals surface area contributed by atoms with Crippen LogP contribution in [0, 0.1) is 11.8 Å². The van der Waals surface area contributed by atoms with E-state index in [1.54, 1.807) is 6.07 Å². The van der Waals surface area contributed by atoms with Gasteiger partial charge in [0, 0.05) is 43.8 Å². The molecule has 4 rings (SSSR count). The van der Waals surface area contributed by atoms with E-state index in [9.17, 15) is 9.36 Å². The third kappa shape index (κ3) is 14.7. The second-order valence-electron chi connectivity index (χ2n) is 15.8. The maximum atomic E-state index is 13.6. The van der Waals surface area contributed by atoms with Crippen LogP contribution in [0.3, 0.4) is 0 Å². The molecule has 1 aliphatic heterocycles. The lowest BCUT2D eigenvalue weighted by Gasteiger charge is -2.42. The maximum Gasteiger partial charge on any atom is 0.330 e. The Bertz CT molecular complexity index is 1210. The van der Waals surface area contributed by atoms with E-state index in [0.29, 0.717) is 69.7 Å². The van der Waals surface area contributed by atoms with Gasteiger partial charge in [-0.25, -0.2) is 0 Å². The number of amides is 1. The minimum Gasteiger partial charge on any atom is -0.383 e. The Morgan fingerprint density at radius 2 is 1.63 bits per heavy atom. The van der Waals surface area contributed by atoms with Crippen molar-refractivity contribution in [1.29, 1.82) is 0 Å². The quantitative estimate of drug-likeness (QED) is 0.0878. The van der Waals surface area contributed by atoms with Gasteiger partial charge in [0.15, 0.2) is 0 Å². The first-order valence-electron chi connectivity index (χ1n) is 20.0. The molecule has 0 bridgehead atoms. The number of anilines is 3. The highest BCUT2D eigenvalue weighted by molar-refractivity contribution is 7.53. The van der Waals surface area contributed by atoms with Crippen LogP contribution in [0.5, 0.6) is 0 Å². The second kappa shape index (κ2) is 21.0. The van der Waals surface area contributed by atoms with Gasteiger partial charge < -0.3 is 40.9 Å². The van der Waals surface area contributed by atoms with Gasteiger partial charge in [0.1, 0.15) is 17.7 Å². The van der Waals surface area contributed by atoms with Crippen molar-refractivity contribution in [3.8, 4) is 0 Å².